The predicted octanol–water partition coefficient (Wildman–Crippen LogP) is 0.896. The molecule has 0 radical (unpaired) electrons. The molecule has 13 heavy (non-hydrogen) atoms. The molecule has 2 heterocycles. The molecule has 0 spiro atoms. The Hall–Kier alpha value is -0.650. The Bertz CT molecular complexity index is 272. The lowest BCUT2D eigenvalue weighted by molar-refractivity contribution is -0.0998. The molecule has 1 aromatic heterocycles. The van der Waals surface area contributed by atoms with Gasteiger partial charge in [0.15, 0.2) is 6.10 Å². The Morgan fingerprint density at radius 3 is 2.92 bits per heavy atom. The highest BCUT2D eigenvalue weighted by Gasteiger charge is 2.22. The second-order valence-corrected chi connectivity index (χ2v) is 2.87. The quantitative estimate of drug-likeness (QED) is 0.670. The normalized spacial score (nSPS) is 23.3. The molecular formula is C7H9ClN2O3. The van der Waals surface area contributed by atoms with E-state index in [-0.39, 0.29) is 12.0 Å². The maximum Gasteiger partial charge on any atom is 0.247 e. The first-order valence-electron chi connectivity index (χ1n) is 3.97. The Balaban J connectivity index is 2.05. The van der Waals surface area contributed by atoms with Crippen molar-refractivity contribution in [1.82, 2.24) is 10.2 Å². The van der Waals surface area contributed by atoms with Gasteiger partial charge in [-0.3, -0.25) is 0 Å². The minimum Gasteiger partial charge on any atom is -0.421 e. The summed E-state index contributed by atoms with van der Waals surface area (Å²) in [6.45, 7) is 1.64. The molecule has 0 amide bonds. The Morgan fingerprint density at radius 2 is 2.31 bits per heavy atom. The van der Waals surface area contributed by atoms with E-state index in [0.717, 1.165) is 0 Å². The maximum absolute atomic E-state index is 5.51. The molecule has 1 fully saturated rings. The average molecular weight is 205 g/mol. The van der Waals surface area contributed by atoms with E-state index in [1.54, 1.807) is 0 Å². The second-order valence-electron chi connectivity index (χ2n) is 2.60. The van der Waals surface area contributed by atoms with Crippen LogP contribution < -0.4 is 0 Å². The lowest BCUT2D eigenvalue weighted by Crippen LogP contribution is -2.22. The summed E-state index contributed by atoms with van der Waals surface area (Å²) < 4.78 is 15.8. The monoisotopic (exact) mass is 204 g/mol. The van der Waals surface area contributed by atoms with Crippen LogP contribution in [0.2, 0.25) is 0 Å². The predicted molar refractivity (Wildman–Crippen MR) is 43.4 cm³/mol. The standard InChI is InChI=1S/C7H9ClN2O3/c8-3-6-9-10-7(13-6)5-4-11-1-2-12-5/h5H,1-4H2. The molecule has 0 aliphatic carbocycles. The summed E-state index contributed by atoms with van der Waals surface area (Å²) in [6, 6.07) is 0. The summed E-state index contributed by atoms with van der Waals surface area (Å²) in [4.78, 5) is 0. The fourth-order valence-electron chi connectivity index (χ4n) is 1.08. The summed E-state index contributed by atoms with van der Waals surface area (Å²) in [6.07, 6.45) is -0.238. The van der Waals surface area contributed by atoms with Gasteiger partial charge < -0.3 is 13.9 Å². The van der Waals surface area contributed by atoms with Crippen molar-refractivity contribution in [2.75, 3.05) is 19.8 Å². The third kappa shape index (κ3) is 1.99. The summed E-state index contributed by atoms with van der Waals surface area (Å²) in [5.41, 5.74) is 0. The lowest BCUT2D eigenvalue weighted by Gasteiger charge is -2.19. The van der Waals surface area contributed by atoms with E-state index in [0.29, 0.717) is 31.6 Å². The Kier molecular flexibility index (Phi) is 2.77. The van der Waals surface area contributed by atoms with Gasteiger partial charge in [-0.15, -0.1) is 21.8 Å². The van der Waals surface area contributed by atoms with Crippen LogP contribution in [0.15, 0.2) is 4.42 Å². The molecule has 0 aromatic carbocycles. The molecule has 1 aliphatic rings. The van der Waals surface area contributed by atoms with Gasteiger partial charge in [0.25, 0.3) is 0 Å². The van der Waals surface area contributed by atoms with E-state index in [9.17, 15) is 0 Å². The number of alkyl halides is 1. The highest BCUT2D eigenvalue weighted by Crippen LogP contribution is 2.19. The largest absolute Gasteiger partial charge is 0.421 e. The van der Waals surface area contributed by atoms with Crippen LogP contribution in [-0.2, 0) is 15.4 Å². The van der Waals surface area contributed by atoms with E-state index in [4.69, 9.17) is 25.5 Å². The molecular weight excluding hydrogens is 196 g/mol. The van der Waals surface area contributed by atoms with Gasteiger partial charge in [0.2, 0.25) is 11.8 Å². The number of halogens is 1. The second kappa shape index (κ2) is 4.04. The first-order chi connectivity index (χ1) is 6.40. The van der Waals surface area contributed by atoms with Crippen molar-refractivity contribution in [3.8, 4) is 0 Å². The number of hydrogen-bond acceptors (Lipinski definition) is 5. The number of hydrogen-bond donors (Lipinski definition) is 0. The van der Waals surface area contributed by atoms with Crippen LogP contribution >= 0.6 is 11.6 Å². The van der Waals surface area contributed by atoms with Crippen molar-refractivity contribution < 1.29 is 13.9 Å². The Labute approximate surface area is 80.0 Å². The molecule has 1 aliphatic heterocycles. The van der Waals surface area contributed by atoms with Gasteiger partial charge in [0, 0.05) is 0 Å². The molecule has 1 aromatic rings. The molecule has 0 N–H and O–H groups in total. The van der Waals surface area contributed by atoms with Gasteiger partial charge in [-0.05, 0) is 0 Å². The highest BCUT2D eigenvalue weighted by atomic mass is 35.5. The van der Waals surface area contributed by atoms with Gasteiger partial charge in [-0.1, -0.05) is 0 Å². The molecule has 1 unspecified atom stereocenters. The van der Waals surface area contributed by atoms with Crippen LogP contribution in [0.5, 0.6) is 0 Å². The summed E-state index contributed by atoms with van der Waals surface area (Å²) in [7, 11) is 0. The van der Waals surface area contributed by atoms with Crippen molar-refractivity contribution >= 4 is 11.6 Å². The Morgan fingerprint density at radius 1 is 1.38 bits per heavy atom. The molecule has 5 nitrogen and oxygen atoms in total. The SMILES string of the molecule is ClCc1nnc(C2COCCO2)o1. The minimum absolute atomic E-state index is 0.223. The van der Waals surface area contributed by atoms with Gasteiger partial charge in [0.05, 0.1) is 19.8 Å². The van der Waals surface area contributed by atoms with Gasteiger partial charge >= 0.3 is 0 Å². The topological polar surface area (TPSA) is 57.4 Å². The zero-order valence-corrected chi connectivity index (χ0v) is 7.66. The molecule has 72 valence electrons. The fraction of sp³-hybridized carbons (Fsp3) is 0.714. The first kappa shape index (κ1) is 8.93. The van der Waals surface area contributed by atoms with E-state index >= 15 is 0 Å². The van der Waals surface area contributed by atoms with Crippen LogP contribution in [0.1, 0.15) is 17.9 Å². The molecule has 2 rings (SSSR count). The minimum atomic E-state index is -0.238. The van der Waals surface area contributed by atoms with E-state index < -0.39 is 0 Å². The van der Waals surface area contributed by atoms with Crippen LogP contribution in [0.3, 0.4) is 0 Å². The zero-order chi connectivity index (χ0) is 9.10. The van der Waals surface area contributed by atoms with E-state index in [2.05, 4.69) is 10.2 Å². The molecule has 1 atom stereocenters. The number of rotatable bonds is 2. The van der Waals surface area contributed by atoms with Crippen LogP contribution in [0, 0.1) is 0 Å². The van der Waals surface area contributed by atoms with Crippen LogP contribution in [-0.4, -0.2) is 30.0 Å². The van der Waals surface area contributed by atoms with Gasteiger partial charge in [-0.25, -0.2) is 0 Å². The fourth-order valence-corrected chi connectivity index (χ4v) is 1.19. The number of nitrogens with zero attached hydrogens (tertiary/aromatic N) is 2. The smallest absolute Gasteiger partial charge is 0.247 e. The van der Waals surface area contributed by atoms with Gasteiger partial charge in [-0.2, -0.15) is 0 Å². The van der Waals surface area contributed by atoms with Crippen molar-refractivity contribution in [3.63, 3.8) is 0 Å². The summed E-state index contributed by atoms with van der Waals surface area (Å²) in [5, 5.41) is 7.53. The van der Waals surface area contributed by atoms with Crippen molar-refractivity contribution in [3.05, 3.63) is 11.8 Å². The molecule has 0 saturated carbocycles. The van der Waals surface area contributed by atoms with Crippen molar-refractivity contribution in [2.45, 2.75) is 12.0 Å². The lowest BCUT2D eigenvalue weighted by atomic mass is 10.3. The first-order valence-corrected chi connectivity index (χ1v) is 4.51. The van der Waals surface area contributed by atoms with E-state index in [1.807, 2.05) is 0 Å². The van der Waals surface area contributed by atoms with Gasteiger partial charge in [0.1, 0.15) is 5.88 Å². The molecule has 6 heteroatoms. The number of ether oxygens (including phenoxy) is 2. The third-order valence-electron chi connectivity index (χ3n) is 1.69. The van der Waals surface area contributed by atoms with Crippen LogP contribution in [0.4, 0.5) is 0 Å². The zero-order valence-electron chi connectivity index (χ0n) is 6.90. The van der Waals surface area contributed by atoms with Crippen molar-refractivity contribution in [1.29, 1.82) is 0 Å². The maximum atomic E-state index is 5.51. The summed E-state index contributed by atoms with van der Waals surface area (Å²) >= 11 is 5.51. The molecule has 1 saturated heterocycles. The third-order valence-corrected chi connectivity index (χ3v) is 1.92. The molecule has 0 bridgehead atoms. The summed E-state index contributed by atoms with van der Waals surface area (Å²) in [5.74, 6) is 1.07. The van der Waals surface area contributed by atoms with Crippen molar-refractivity contribution in [2.24, 2.45) is 0 Å². The number of aromatic nitrogens is 2. The highest BCUT2D eigenvalue weighted by molar-refractivity contribution is 6.16. The average Bonchev–Trinajstić information content (AvgIpc) is 2.67. The van der Waals surface area contributed by atoms with E-state index in [1.165, 1.54) is 0 Å². The van der Waals surface area contributed by atoms with Crippen LogP contribution in [0.25, 0.3) is 0 Å².